The molecule has 272 valence electrons. The van der Waals surface area contributed by atoms with Crippen LogP contribution in [0.2, 0.25) is 0 Å². The van der Waals surface area contributed by atoms with Crippen LogP contribution in [-0.2, 0) is 28.5 Å². The van der Waals surface area contributed by atoms with Gasteiger partial charge in [-0.1, -0.05) is 90.4 Å². The lowest BCUT2D eigenvalue weighted by Gasteiger charge is -2.35. The fourth-order valence-corrected chi connectivity index (χ4v) is 6.00. The van der Waals surface area contributed by atoms with E-state index in [9.17, 15) is 34.5 Å². The van der Waals surface area contributed by atoms with Crippen LogP contribution in [-0.4, -0.2) is 93.3 Å². The van der Waals surface area contributed by atoms with E-state index >= 15 is 0 Å². The molecule has 2 aliphatic rings. The summed E-state index contributed by atoms with van der Waals surface area (Å²) in [5.74, 6) is -2.06. The second-order valence-corrected chi connectivity index (χ2v) is 12.5. The average molecular weight is 683 g/mol. The fraction of sp³-hybridized carbons (Fsp3) is 0.758. The first kappa shape index (κ1) is 39.4. The number of aliphatic hydroxyl groups is 3. The smallest absolute Gasteiger partial charge is 0.330 e. The second kappa shape index (κ2) is 20.4. The van der Waals surface area contributed by atoms with Crippen molar-refractivity contribution in [1.82, 2.24) is 14.9 Å². The van der Waals surface area contributed by atoms with Crippen molar-refractivity contribution in [3.8, 4) is 0 Å². The number of carbonyl (C=O) groups excluding carboxylic acids is 2. The van der Waals surface area contributed by atoms with Crippen LogP contribution < -0.4 is 22.3 Å². The standard InChI is InChI=1S/C33H54N4O11/c1-3-4-5-6-7-8-9-10-11-12-13-14-15-16-18-35-30(43)22-20-21(38)24(40)32(46-22)48-28(29(34)42)27-26(45-2)25(41)31(47-27)37-19-17-23(39)36-33(37)44/h17,19-21,24-28,31-32,38,40-41H,3-16,18H2,1-2H3,(H2,34,42)(H,35,43)(H,36,39,44)/t21-,24-,25+,26-,27-,28+,31+,32+/m0/s1. The molecule has 1 fully saturated rings. The summed E-state index contributed by atoms with van der Waals surface area (Å²) in [6.07, 6.45) is 6.70. The number of H-pyrrole nitrogens is 1. The van der Waals surface area contributed by atoms with E-state index in [2.05, 4.69) is 12.2 Å². The summed E-state index contributed by atoms with van der Waals surface area (Å²) in [7, 11) is 1.22. The Labute approximate surface area is 280 Å². The minimum absolute atomic E-state index is 0.320. The van der Waals surface area contributed by atoms with E-state index in [0.29, 0.717) is 6.54 Å². The summed E-state index contributed by atoms with van der Waals surface area (Å²) in [6.45, 7) is 2.61. The Morgan fingerprint density at radius 1 is 0.958 bits per heavy atom. The molecule has 1 aromatic rings. The third-order valence-corrected chi connectivity index (χ3v) is 8.74. The highest BCUT2D eigenvalue weighted by Gasteiger charge is 2.52. The number of methoxy groups -OCH3 is 1. The average Bonchev–Trinajstić information content (AvgIpc) is 3.38. The number of aliphatic hydroxyl groups excluding tert-OH is 3. The highest BCUT2D eigenvalue weighted by molar-refractivity contribution is 5.91. The predicted octanol–water partition coefficient (Wildman–Crippen LogP) is 1.24. The van der Waals surface area contributed by atoms with Gasteiger partial charge < -0.3 is 45.3 Å². The van der Waals surface area contributed by atoms with Crippen LogP contribution in [0.25, 0.3) is 0 Å². The topological polar surface area (TPSA) is 225 Å². The molecule has 2 aliphatic heterocycles. The van der Waals surface area contributed by atoms with E-state index in [1.807, 2.05) is 4.98 Å². The molecule has 8 atom stereocenters. The molecule has 15 nitrogen and oxygen atoms in total. The fourth-order valence-electron chi connectivity index (χ4n) is 6.00. The van der Waals surface area contributed by atoms with Crippen LogP contribution in [0.5, 0.6) is 0 Å². The largest absolute Gasteiger partial charge is 0.456 e. The number of nitrogens with one attached hydrogen (secondary N) is 2. The molecule has 1 aromatic heterocycles. The van der Waals surface area contributed by atoms with Crippen molar-refractivity contribution in [3.05, 3.63) is 44.9 Å². The van der Waals surface area contributed by atoms with Gasteiger partial charge in [-0.25, -0.2) is 4.79 Å². The maximum atomic E-state index is 12.8. The monoisotopic (exact) mass is 682 g/mol. The van der Waals surface area contributed by atoms with Crippen LogP contribution in [0.1, 0.15) is 103 Å². The molecule has 48 heavy (non-hydrogen) atoms. The number of hydrogen-bond acceptors (Lipinski definition) is 11. The van der Waals surface area contributed by atoms with Gasteiger partial charge in [0.1, 0.15) is 30.5 Å². The number of amides is 2. The van der Waals surface area contributed by atoms with Crippen molar-refractivity contribution in [1.29, 1.82) is 0 Å². The van der Waals surface area contributed by atoms with E-state index < -0.39 is 72.2 Å². The molecule has 7 N–H and O–H groups in total. The maximum Gasteiger partial charge on any atom is 0.330 e. The number of nitrogens with two attached hydrogens (primary N) is 1. The van der Waals surface area contributed by atoms with E-state index in [-0.39, 0.29) is 5.76 Å². The molecule has 0 bridgehead atoms. The number of carbonyl (C=O) groups is 2. The maximum absolute atomic E-state index is 12.8. The van der Waals surface area contributed by atoms with E-state index in [1.165, 1.54) is 71.3 Å². The van der Waals surface area contributed by atoms with Gasteiger partial charge in [-0.3, -0.25) is 23.9 Å². The van der Waals surface area contributed by atoms with Gasteiger partial charge in [0, 0.05) is 25.9 Å². The summed E-state index contributed by atoms with van der Waals surface area (Å²) in [5, 5.41) is 34.6. The summed E-state index contributed by atoms with van der Waals surface area (Å²) in [5.41, 5.74) is 4.03. The molecule has 15 heteroatoms. The SMILES string of the molecule is CCCCCCCCCCCCCCCCNC(=O)C1=C[C@H](O)[C@H](O)[C@@H](O[C@@H](C(N)=O)[C@H]2O[C@@H](n3ccc(=O)[nH]c3=O)[C@H](O)[C@@H]2OC)O1. The molecular formula is C33H54N4O11. The van der Waals surface area contributed by atoms with Gasteiger partial charge in [-0.15, -0.1) is 0 Å². The number of unbranched alkanes of at least 4 members (excludes halogenated alkanes) is 13. The van der Waals surface area contributed by atoms with Crippen molar-refractivity contribution in [2.75, 3.05) is 13.7 Å². The number of hydrogen-bond donors (Lipinski definition) is 6. The van der Waals surface area contributed by atoms with Crippen molar-refractivity contribution in [3.63, 3.8) is 0 Å². The van der Waals surface area contributed by atoms with Crippen LogP contribution in [0, 0.1) is 0 Å². The first-order valence-corrected chi connectivity index (χ1v) is 17.2. The van der Waals surface area contributed by atoms with Crippen LogP contribution in [0.4, 0.5) is 0 Å². The number of ether oxygens (including phenoxy) is 4. The van der Waals surface area contributed by atoms with Crippen LogP contribution in [0.15, 0.2) is 33.7 Å². The Balaban J connectivity index is 1.45. The highest BCUT2D eigenvalue weighted by Crippen LogP contribution is 2.34. The van der Waals surface area contributed by atoms with Gasteiger partial charge in [0.15, 0.2) is 18.1 Å². The Morgan fingerprint density at radius 3 is 2.08 bits per heavy atom. The molecule has 1 saturated heterocycles. The van der Waals surface area contributed by atoms with E-state index in [1.54, 1.807) is 0 Å². The zero-order valence-corrected chi connectivity index (χ0v) is 28.1. The number of primary amides is 1. The molecule has 3 heterocycles. The second-order valence-electron chi connectivity index (χ2n) is 12.5. The quantitative estimate of drug-likeness (QED) is 0.0954. The number of nitrogens with zero attached hydrogens (tertiary/aromatic N) is 1. The molecule has 0 radical (unpaired) electrons. The lowest BCUT2D eigenvalue weighted by Crippen LogP contribution is -2.54. The van der Waals surface area contributed by atoms with Gasteiger partial charge in [-0.05, 0) is 12.5 Å². The summed E-state index contributed by atoms with van der Waals surface area (Å²) < 4.78 is 23.2. The minimum atomic E-state index is -1.74. The predicted molar refractivity (Wildman–Crippen MR) is 174 cm³/mol. The third kappa shape index (κ3) is 11.5. The van der Waals surface area contributed by atoms with Gasteiger partial charge in [0.05, 0.1) is 0 Å². The summed E-state index contributed by atoms with van der Waals surface area (Å²) in [4.78, 5) is 51.2. The molecule has 0 aromatic carbocycles. The minimum Gasteiger partial charge on any atom is -0.456 e. The Hall–Kier alpha value is -3.08. The molecule has 0 spiro atoms. The zero-order valence-electron chi connectivity index (χ0n) is 28.1. The molecule has 0 aliphatic carbocycles. The van der Waals surface area contributed by atoms with Crippen LogP contribution in [0.3, 0.4) is 0 Å². The molecule has 3 rings (SSSR count). The number of aromatic amines is 1. The molecule has 2 amide bonds. The van der Waals surface area contributed by atoms with Crippen LogP contribution >= 0.6 is 0 Å². The van der Waals surface area contributed by atoms with E-state index in [4.69, 9.17) is 24.7 Å². The number of aromatic nitrogens is 2. The Kier molecular flexibility index (Phi) is 16.8. The normalized spacial score (nSPS) is 26.1. The molecular weight excluding hydrogens is 628 g/mol. The molecule has 0 unspecified atom stereocenters. The zero-order chi connectivity index (χ0) is 35.1. The molecule has 0 saturated carbocycles. The van der Waals surface area contributed by atoms with Crippen molar-refractivity contribution >= 4 is 11.8 Å². The van der Waals surface area contributed by atoms with Crippen molar-refractivity contribution in [2.45, 2.75) is 146 Å². The van der Waals surface area contributed by atoms with Crippen molar-refractivity contribution < 1.29 is 43.9 Å². The lowest BCUT2D eigenvalue weighted by molar-refractivity contribution is -0.241. The number of rotatable bonds is 22. The van der Waals surface area contributed by atoms with Gasteiger partial charge in [0.2, 0.25) is 12.2 Å². The summed E-state index contributed by atoms with van der Waals surface area (Å²) >= 11 is 0. The van der Waals surface area contributed by atoms with Crippen molar-refractivity contribution in [2.24, 2.45) is 5.73 Å². The highest BCUT2D eigenvalue weighted by atomic mass is 16.7. The Bertz CT molecular complexity index is 1280. The Morgan fingerprint density at radius 2 is 1.54 bits per heavy atom. The third-order valence-electron chi connectivity index (χ3n) is 8.74. The van der Waals surface area contributed by atoms with E-state index in [0.717, 1.165) is 48.6 Å². The van der Waals surface area contributed by atoms with Gasteiger partial charge in [0.25, 0.3) is 11.5 Å². The first-order valence-electron chi connectivity index (χ1n) is 17.2. The van der Waals surface area contributed by atoms with Gasteiger partial charge >= 0.3 is 5.69 Å². The van der Waals surface area contributed by atoms with Gasteiger partial charge in [-0.2, -0.15) is 0 Å². The lowest BCUT2D eigenvalue weighted by atomic mass is 10.0. The first-order chi connectivity index (χ1) is 23.1. The summed E-state index contributed by atoms with van der Waals surface area (Å²) in [6, 6.07) is 1.04.